The summed E-state index contributed by atoms with van der Waals surface area (Å²) in [6.07, 6.45) is 11.2. The van der Waals surface area contributed by atoms with Gasteiger partial charge in [-0.2, -0.15) is 46.5 Å². The molecule has 0 aliphatic heterocycles. The molecule has 0 N–H and O–H groups in total. The molecule has 0 nitrogen and oxygen atoms in total. The summed E-state index contributed by atoms with van der Waals surface area (Å²) in [6, 6.07) is 13.8. The van der Waals surface area contributed by atoms with Gasteiger partial charge in [0.05, 0.1) is 0 Å². The first-order chi connectivity index (χ1) is 12.8. The van der Waals surface area contributed by atoms with E-state index in [1.165, 1.54) is 62.5 Å². The van der Waals surface area contributed by atoms with Crippen LogP contribution in [0.5, 0.6) is 0 Å². The predicted molar refractivity (Wildman–Crippen MR) is 117 cm³/mol. The second-order valence-electron chi connectivity index (χ2n) is 8.96. The summed E-state index contributed by atoms with van der Waals surface area (Å²) in [4.78, 5) is 0. The van der Waals surface area contributed by atoms with Crippen molar-refractivity contribution in [1.82, 2.24) is 0 Å². The number of rotatable bonds is 2. The normalized spacial score (nSPS) is 19.5. The number of halogens is 2. The molecule has 0 radical (unpaired) electrons. The Morgan fingerprint density at radius 2 is 1.04 bits per heavy atom. The molecule has 2 aromatic carbocycles. The SMILES string of the molecule is C[c-]1ccc(C2(C)CCCC2)c1.C[c-]1ccc(C2(C)CCCC2)c1.[Cl][Zr+2][Cl]. The Labute approximate surface area is 185 Å². The summed E-state index contributed by atoms with van der Waals surface area (Å²) in [7, 11) is 9.87. The summed E-state index contributed by atoms with van der Waals surface area (Å²) >= 11 is -0.826. The molecule has 2 aliphatic carbocycles. The van der Waals surface area contributed by atoms with E-state index in [-0.39, 0.29) is 0 Å². The minimum absolute atomic E-state index is 0.508. The van der Waals surface area contributed by atoms with Crippen molar-refractivity contribution in [2.24, 2.45) is 0 Å². The van der Waals surface area contributed by atoms with Crippen LogP contribution in [-0.4, -0.2) is 0 Å². The fourth-order valence-corrected chi connectivity index (χ4v) is 4.76. The Kier molecular flexibility index (Phi) is 9.38. The Balaban J connectivity index is 0.000000170. The monoisotopic (exact) mass is 482 g/mol. The summed E-state index contributed by atoms with van der Waals surface area (Å²) in [6.45, 7) is 9.19. The third-order valence-corrected chi connectivity index (χ3v) is 6.63. The van der Waals surface area contributed by atoms with E-state index in [1.54, 1.807) is 11.1 Å². The second kappa shape index (κ2) is 10.8. The van der Waals surface area contributed by atoms with E-state index < -0.39 is 20.8 Å². The number of hydrogen-bond acceptors (Lipinski definition) is 0. The zero-order chi connectivity index (χ0) is 19.9. The molecule has 2 fully saturated rings. The molecule has 0 saturated heterocycles. The van der Waals surface area contributed by atoms with Crippen LogP contribution in [0.25, 0.3) is 0 Å². The molecule has 0 amide bonds. The van der Waals surface area contributed by atoms with Crippen LogP contribution in [0.3, 0.4) is 0 Å². The van der Waals surface area contributed by atoms with Crippen LogP contribution in [0, 0.1) is 13.8 Å². The zero-order valence-corrected chi connectivity index (χ0v) is 21.3. The van der Waals surface area contributed by atoms with Crippen molar-refractivity contribution in [3.8, 4) is 0 Å². The topological polar surface area (TPSA) is 0 Å². The molecule has 0 spiro atoms. The van der Waals surface area contributed by atoms with Crippen LogP contribution in [0.2, 0.25) is 0 Å². The van der Waals surface area contributed by atoms with Crippen LogP contribution in [-0.2, 0) is 31.7 Å². The Hall–Kier alpha value is 0.163. The third kappa shape index (κ3) is 6.59. The summed E-state index contributed by atoms with van der Waals surface area (Å²) in [5.74, 6) is 0. The molecule has 0 heterocycles. The summed E-state index contributed by atoms with van der Waals surface area (Å²) in [5.41, 5.74) is 6.98. The molecule has 0 unspecified atom stereocenters. The summed E-state index contributed by atoms with van der Waals surface area (Å²) in [5, 5.41) is 0. The van der Waals surface area contributed by atoms with Gasteiger partial charge in [0.2, 0.25) is 0 Å². The predicted octanol–water partition coefficient (Wildman–Crippen LogP) is 8.47. The molecular weight excluding hydrogens is 450 g/mol. The molecule has 27 heavy (non-hydrogen) atoms. The molecule has 3 heteroatoms. The van der Waals surface area contributed by atoms with Crippen LogP contribution >= 0.6 is 17.0 Å². The molecular formula is C24H34Cl2Zr. The first kappa shape index (κ1) is 23.4. The maximum atomic E-state index is 4.93. The van der Waals surface area contributed by atoms with Crippen molar-refractivity contribution in [3.05, 3.63) is 58.7 Å². The minimum atomic E-state index is -0.826. The van der Waals surface area contributed by atoms with Crippen LogP contribution in [0.15, 0.2) is 36.4 Å². The van der Waals surface area contributed by atoms with Gasteiger partial charge in [0.25, 0.3) is 0 Å². The van der Waals surface area contributed by atoms with E-state index in [0.29, 0.717) is 10.8 Å². The van der Waals surface area contributed by atoms with Gasteiger partial charge in [0.15, 0.2) is 0 Å². The molecule has 148 valence electrons. The van der Waals surface area contributed by atoms with Gasteiger partial charge in [-0.05, 0) is 0 Å². The molecule has 4 rings (SSSR count). The number of hydrogen-bond donors (Lipinski definition) is 0. The van der Waals surface area contributed by atoms with Gasteiger partial charge in [0, 0.05) is 0 Å². The van der Waals surface area contributed by atoms with Crippen molar-refractivity contribution in [2.75, 3.05) is 0 Å². The fourth-order valence-electron chi connectivity index (χ4n) is 4.76. The van der Waals surface area contributed by atoms with Crippen LogP contribution in [0.4, 0.5) is 0 Å². The van der Waals surface area contributed by atoms with E-state index in [0.717, 1.165) is 0 Å². The van der Waals surface area contributed by atoms with E-state index in [2.05, 4.69) is 64.1 Å². The third-order valence-electron chi connectivity index (χ3n) is 6.63. The van der Waals surface area contributed by atoms with Gasteiger partial charge in [-0.1, -0.05) is 89.9 Å². The molecule has 2 aliphatic rings. The molecule has 0 bridgehead atoms. The first-order valence-corrected chi connectivity index (χ1v) is 16.6. The average molecular weight is 485 g/mol. The van der Waals surface area contributed by atoms with Gasteiger partial charge in [0.1, 0.15) is 0 Å². The van der Waals surface area contributed by atoms with E-state index >= 15 is 0 Å². The van der Waals surface area contributed by atoms with E-state index in [1.807, 2.05) is 0 Å². The van der Waals surface area contributed by atoms with Crippen molar-refractivity contribution in [1.29, 1.82) is 0 Å². The first-order valence-electron chi connectivity index (χ1n) is 10.3. The van der Waals surface area contributed by atoms with E-state index in [9.17, 15) is 0 Å². The Bertz CT molecular complexity index is 612. The average Bonchev–Trinajstić information content (AvgIpc) is 3.38. The van der Waals surface area contributed by atoms with Gasteiger partial charge < -0.3 is 0 Å². The second-order valence-corrected chi connectivity index (χ2v) is 12.7. The standard InChI is InChI=1S/2C12H17.2ClH.Zr/c2*1-10-5-6-11(9-10)12(2)7-3-4-8-12;;;/h2*5-6,9H,3-4,7-8H2,1-2H3;2*1H;/q2*-1;;;+4/p-2. The van der Waals surface area contributed by atoms with Crippen LogP contribution < -0.4 is 0 Å². The quantitative estimate of drug-likeness (QED) is 0.375. The number of aryl methyl sites for hydroxylation is 2. The Morgan fingerprint density at radius 3 is 1.26 bits per heavy atom. The van der Waals surface area contributed by atoms with Crippen LogP contribution in [0.1, 0.15) is 87.5 Å². The molecule has 0 aromatic heterocycles. The zero-order valence-electron chi connectivity index (χ0n) is 17.4. The van der Waals surface area contributed by atoms with Gasteiger partial charge in [-0.25, -0.2) is 12.1 Å². The van der Waals surface area contributed by atoms with Crippen molar-refractivity contribution in [3.63, 3.8) is 0 Å². The molecule has 2 aromatic rings. The molecule has 0 atom stereocenters. The van der Waals surface area contributed by atoms with Gasteiger partial charge in [-0.3, -0.25) is 0 Å². The van der Waals surface area contributed by atoms with E-state index in [4.69, 9.17) is 17.0 Å². The maximum absolute atomic E-state index is 4.93. The van der Waals surface area contributed by atoms with Gasteiger partial charge >= 0.3 is 37.9 Å². The van der Waals surface area contributed by atoms with Crippen molar-refractivity contribution >= 4 is 17.0 Å². The summed E-state index contributed by atoms with van der Waals surface area (Å²) < 4.78 is 0. The fraction of sp³-hybridized carbons (Fsp3) is 0.583. The van der Waals surface area contributed by atoms with Crippen molar-refractivity contribution < 1.29 is 20.8 Å². The van der Waals surface area contributed by atoms with Gasteiger partial charge in [-0.15, -0.1) is 0 Å². The Morgan fingerprint density at radius 1 is 0.741 bits per heavy atom. The molecule has 2 saturated carbocycles. The van der Waals surface area contributed by atoms with Crippen molar-refractivity contribution in [2.45, 2.75) is 89.9 Å².